The van der Waals surface area contributed by atoms with Gasteiger partial charge in [-0.25, -0.2) is 0 Å². The van der Waals surface area contributed by atoms with E-state index in [9.17, 15) is 4.79 Å². The number of carbonyl (C=O) groups excluding carboxylic acids is 1. The third kappa shape index (κ3) is 3.91. The molecule has 0 aliphatic rings. The largest absolute Gasteiger partial charge is 0.347 e. The van der Waals surface area contributed by atoms with Gasteiger partial charge in [-0.05, 0) is 12.1 Å². The fraction of sp³-hybridized carbons (Fsp3) is 0.333. The van der Waals surface area contributed by atoms with E-state index >= 15 is 0 Å². The van der Waals surface area contributed by atoms with Gasteiger partial charge in [-0.15, -0.1) is 0 Å². The first kappa shape index (κ1) is 15.7. The molecule has 0 radical (unpaired) electrons. The van der Waals surface area contributed by atoms with Gasteiger partial charge in [0.15, 0.2) is 5.82 Å². The van der Waals surface area contributed by atoms with Gasteiger partial charge in [0, 0.05) is 33.8 Å². The molecule has 0 spiro atoms. The van der Waals surface area contributed by atoms with Crippen molar-refractivity contribution in [2.75, 3.05) is 38.0 Å². The molecule has 7 heteroatoms. The highest BCUT2D eigenvalue weighted by molar-refractivity contribution is 5.93. The van der Waals surface area contributed by atoms with Crippen molar-refractivity contribution in [1.82, 2.24) is 20.3 Å². The average molecular weight is 300 g/mol. The summed E-state index contributed by atoms with van der Waals surface area (Å²) in [5, 5.41) is 2.82. The highest BCUT2D eigenvalue weighted by Gasteiger charge is 2.11. The lowest BCUT2D eigenvalue weighted by atomic mass is 10.2. The van der Waals surface area contributed by atoms with Gasteiger partial charge in [-0.1, -0.05) is 18.2 Å². The normalized spacial score (nSPS) is 10.2. The lowest BCUT2D eigenvalue weighted by molar-refractivity contribution is 0.0950. The fourth-order valence-electron chi connectivity index (χ4n) is 1.73. The molecule has 0 atom stereocenters. The van der Waals surface area contributed by atoms with Crippen molar-refractivity contribution in [3.8, 4) is 0 Å². The highest BCUT2D eigenvalue weighted by atomic mass is 16.1. The van der Waals surface area contributed by atoms with Gasteiger partial charge < -0.3 is 15.1 Å². The molecule has 0 saturated carbocycles. The third-order valence-electron chi connectivity index (χ3n) is 2.90. The van der Waals surface area contributed by atoms with Gasteiger partial charge in [-0.3, -0.25) is 4.79 Å². The van der Waals surface area contributed by atoms with E-state index in [-0.39, 0.29) is 12.5 Å². The molecule has 1 amide bonds. The van der Waals surface area contributed by atoms with Gasteiger partial charge in [0.05, 0.1) is 6.54 Å². The molecule has 0 unspecified atom stereocenters. The molecule has 0 fully saturated rings. The maximum absolute atomic E-state index is 12.1. The molecule has 1 N–H and O–H groups in total. The van der Waals surface area contributed by atoms with Crippen LogP contribution < -0.4 is 15.1 Å². The number of carbonyl (C=O) groups is 1. The average Bonchev–Trinajstić information content (AvgIpc) is 2.53. The standard InChI is InChI=1S/C15H20N6O/c1-20(2)14-17-12(18-15(19-14)21(3)4)10-16-13(22)11-8-6-5-7-9-11/h5-9H,10H2,1-4H3,(H,16,22). The summed E-state index contributed by atoms with van der Waals surface area (Å²) in [7, 11) is 7.45. The minimum Gasteiger partial charge on any atom is -0.347 e. The zero-order chi connectivity index (χ0) is 16.1. The van der Waals surface area contributed by atoms with E-state index in [4.69, 9.17) is 0 Å². The van der Waals surface area contributed by atoms with Crippen molar-refractivity contribution < 1.29 is 4.79 Å². The topological polar surface area (TPSA) is 74.2 Å². The van der Waals surface area contributed by atoms with Crippen LogP contribution in [0.5, 0.6) is 0 Å². The first-order chi connectivity index (χ1) is 10.5. The maximum Gasteiger partial charge on any atom is 0.251 e. The Morgan fingerprint density at radius 1 is 0.955 bits per heavy atom. The highest BCUT2D eigenvalue weighted by Crippen LogP contribution is 2.10. The van der Waals surface area contributed by atoms with Gasteiger partial charge in [-0.2, -0.15) is 15.0 Å². The zero-order valence-corrected chi connectivity index (χ0v) is 13.2. The molecule has 22 heavy (non-hydrogen) atoms. The molecular weight excluding hydrogens is 280 g/mol. The second-order valence-electron chi connectivity index (χ2n) is 5.19. The van der Waals surface area contributed by atoms with Crippen LogP contribution in [-0.4, -0.2) is 49.0 Å². The summed E-state index contributed by atoms with van der Waals surface area (Å²) in [5.74, 6) is 1.48. The number of benzene rings is 1. The molecule has 1 aromatic carbocycles. The number of aromatic nitrogens is 3. The summed E-state index contributed by atoms with van der Waals surface area (Å²) in [6, 6.07) is 9.05. The van der Waals surface area contributed by atoms with E-state index in [0.29, 0.717) is 23.3 Å². The van der Waals surface area contributed by atoms with Crippen LogP contribution in [0.25, 0.3) is 0 Å². The smallest absolute Gasteiger partial charge is 0.251 e. The van der Waals surface area contributed by atoms with Crippen LogP contribution in [0, 0.1) is 0 Å². The quantitative estimate of drug-likeness (QED) is 0.885. The summed E-state index contributed by atoms with van der Waals surface area (Å²) >= 11 is 0. The molecule has 2 rings (SSSR count). The minimum absolute atomic E-state index is 0.154. The Balaban J connectivity index is 2.13. The van der Waals surface area contributed by atoms with Crippen LogP contribution in [0.4, 0.5) is 11.9 Å². The summed E-state index contributed by atoms with van der Waals surface area (Å²) in [6.07, 6.45) is 0. The van der Waals surface area contributed by atoms with Crippen molar-refractivity contribution in [3.63, 3.8) is 0 Å². The Labute approximate surface area is 130 Å². The zero-order valence-electron chi connectivity index (χ0n) is 13.2. The fourth-order valence-corrected chi connectivity index (χ4v) is 1.73. The minimum atomic E-state index is -0.154. The van der Waals surface area contributed by atoms with E-state index < -0.39 is 0 Å². The molecular formula is C15H20N6O. The lowest BCUT2D eigenvalue weighted by Gasteiger charge is -2.16. The molecule has 0 aliphatic heterocycles. The van der Waals surface area contributed by atoms with Crippen LogP contribution in [0.15, 0.2) is 30.3 Å². The Morgan fingerprint density at radius 3 is 2.00 bits per heavy atom. The Morgan fingerprint density at radius 2 is 1.50 bits per heavy atom. The number of hydrogen-bond donors (Lipinski definition) is 1. The molecule has 1 heterocycles. The number of hydrogen-bond acceptors (Lipinski definition) is 6. The molecule has 0 bridgehead atoms. The molecule has 0 aliphatic carbocycles. The van der Waals surface area contributed by atoms with Crippen molar-refractivity contribution in [1.29, 1.82) is 0 Å². The van der Waals surface area contributed by atoms with Gasteiger partial charge in [0.25, 0.3) is 5.91 Å². The van der Waals surface area contributed by atoms with Crippen LogP contribution in [0.1, 0.15) is 16.2 Å². The molecule has 116 valence electrons. The summed E-state index contributed by atoms with van der Waals surface area (Å²) in [4.78, 5) is 28.7. The summed E-state index contributed by atoms with van der Waals surface area (Å²) < 4.78 is 0. The first-order valence-electron chi connectivity index (χ1n) is 6.90. The van der Waals surface area contributed by atoms with Crippen molar-refractivity contribution in [3.05, 3.63) is 41.7 Å². The molecule has 7 nitrogen and oxygen atoms in total. The van der Waals surface area contributed by atoms with Crippen LogP contribution in [0.3, 0.4) is 0 Å². The SMILES string of the molecule is CN(C)c1nc(CNC(=O)c2ccccc2)nc(N(C)C)n1. The summed E-state index contributed by atoms with van der Waals surface area (Å²) in [6.45, 7) is 0.248. The number of amides is 1. The molecule has 1 aromatic heterocycles. The molecule has 0 saturated heterocycles. The van der Waals surface area contributed by atoms with Gasteiger partial charge in [0.2, 0.25) is 11.9 Å². The van der Waals surface area contributed by atoms with Gasteiger partial charge >= 0.3 is 0 Å². The van der Waals surface area contributed by atoms with E-state index in [1.165, 1.54) is 0 Å². The van der Waals surface area contributed by atoms with Crippen molar-refractivity contribution in [2.24, 2.45) is 0 Å². The van der Waals surface area contributed by atoms with E-state index in [1.807, 2.05) is 46.4 Å². The predicted octanol–water partition coefficient (Wildman–Crippen LogP) is 0.934. The lowest BCUT2D eigenvalue weighted by Crippen LogP contribution is -2.26. The third-order valence-corrected chi connectivity index (χ3v) is 2.90. The van der Waals surface area contributed by atoms with E-state index in [0.717, 1.165) is 0 Å². The van der Waals surface area contributed by atoms with Crippen molar-refractivity contribution in [2.45, 2.75) is 6.54 Å². The van der Waals surface area contributed by atoms with Crippen molar-refractivity contribution >= 4 is 17.8 Å². The van der Waals surface area contributed by atoms with Crippen LogP contribution >= 0.6 is 0 Å². The number of rotatable bonds is 5. The maximum atomic E-state index is 12.1. The first-order valence-corrected chi connectivity index (χ1v) is 6.90. The second kappa shape index (κ2) is 6.84. The summed E-state index contributed by atoms with van der Waals surface area (Å²) in [5.41, 5.74) is 0.609. The monoisotopic (exact) mass is 300 g/mol. The number of anilines is 2. The second-order valence-corrected chi connectivity index (χ2v) is 5.19. The number of nitrogens with zero attached hydrogens (tertiary/aromatic N) is 5. The number of nitrogens with one attached hydrogen (secondary N) is 1. The van der Waals surface area contributed by atoms with Crippen LogP contribution in [-0.2, 0) is 6.54 Å². The Bertz CT molecular complexity index is 615. The van der Waals surface area contributed by atoms with E-state index in [2.05, 4.69) is 20.3 Å². The molecule has 2 aromatic rings. The van der Waals surface area contributed by atoms with Crippen LogP contribution in [0.2, 0.25) is 0 Å². The predicted molar refractivity (Wildman–Crippen MR) is 86.1 cm³/mol. The van der Waals surface area contributed by atoms with Gasteiger partial charge in [0.1, 0.15) is 0 Å². The Hall–Kier alpha value is -2.70. The Kier molecular flexibility index (Phi) is 4.88. The van der Waals surface area contributed by atoms with E-state index in [1.54, 1.807) is 21.9 Å².